The van der Waals surface area contributed by atoms with E-state index in [4.69, 9.17) is 0 Å². The summed E-state index contributed by atoms with van der Waals surface area (Å²) in [5.74, 6) is -1.71. The van der Waals surface area contributed by atoms with Gasteiger partial charge >= 0.3 is 0 Å². The number of methoxy groups -OCH3 is 1. The van der Waals surface area contributed by atoms with Crippen LogP contribution in [0.5, 0.6) is 5.75 Å². The molecule has 0 aromatic heterocycles. The van der Waals surface area contributed by atoms with Crippen LogP contribution in [0.1, 0.15) is 18.9 Å². The molecule has 0 aliphatic carbocycles. The molecule has 19 heavy (non-hydrogen) atoms. The number of ether oxygens (including phenoxy) is 1. The fraction of sp³-hybridized carbons (Fsp3) is 0.250. The molecule has 2 aromatic carbocycles. The zero-order valence-corrected chi connectivity index (χ0v) is 11.0. The average Bonchev–Trinajstić information content (AvgIpc) is 2.39. The lowest BCUT2D eigenvalue weighted by molar-refractivity contribution is 0.360. The Morgan fingerprint density at radius 1 is 0.947 bits per heavy atom. The van der Waals surface area contributed by atoms with Crippen molar-refractivity contribution in [2.75, 3.05) is 7.11 Å². The number of halogens is 2. The molecule has 0 heterocycles. The van der Waals surface area contributed by atoms with E-state index in [0.717, 1.165) is 18.4 Å². The molecule has 100 valence electrons. The first-order chi connectivity index (χ1) is 9.15. The van der Waals surface area contributed by atoms with Crippen molar-refractivity contribution in [1.82, 2.24) is 0 Å². The minimum Gasteiger partial charge on any atom is -0.491 e. The summed E-state index contributed by atoms with van der Waals surface area (Å²) < 4.78 is 31.9. The van der Waals surface area contributed by atoms with E-state index >= 15 is 0 Å². The highest BCUT2D eigenvalue weighted by atomic mass is 19.1. The highest BCUT2D eigenvalue weighted by Gasteiger charge is 2.12. The molecule has 0 saturated heterocycles. The maximum Gasteiger partial charge on any atom is 0.190 e. The average molecular weight is 262 g/mol. The van der Waals surface area contributed by atoms with Crippen LogP contribution in [0.15, 0.2) is 36.4 Å². The van der Waals surface area contributed by atoms with Crippen LogP contribution >= 0.6 is 0 Å². The summed E-state index contributed by atoms with van der Waals surface area (Å²) in [7, 11) is 1.25. The third-order valence-corrected chi connectivity index (χ3v) is 3.03. The molecule has 0 bridgehead atoms. The van der Waals surface area contributed by atoms with E-state index in [1.165, 1.54) is 24.8 Å². The fourth-order valence-electron chi connectivity index (χ4n) is 2.07. The van der Waals surface area contributed by atoms with Gasteiger partial charge < -0.3 is 4.74 Å². The number of hydrogen-bond donors (Lipinski definition) is 0. The molecule has 2 aromatic rings. The Kier molecular flexibility index (Phi) is 4.15. The van der Waals surface area contributed by atoms with Crippen LogP contribution in [0.3, 0.4) is 0 Å². The number of rotatable bonds is 4. The second-order valence-electron chi connectivity index (χ2n) is 4.42. The molecule has 2 rings (SSSR count). The van der Waals surface area contributed by atoms with Gasteiger partial charge in [0, 0.05) is 0 Å². The van der Waals surface area contributed by atoms with Crippen molar-refractivity contribution >= 4 is 0 Å². The summed E-state index contributed by atoms with van der Waals surface area (Å²) in [5, 5.41) is 0. The van der Waals surface area contributed by atoms with Crippen LogP contribution in [0.25, 0.3) is 11.1 Å². The molecule has 0 atom stereocenters. The van der Waals surface area contributed by atoms with Gasteiger partial charge in [-0.3, -0.25) is 0 Å². The topological polar surface area (TPSA) is 9.23 Å². The summed E-state index contributed by atoms with van der Waals surface area (Å²) in [4.78, 5) is 0. The summed E-state index contributed by atoms with van der Waals surface area (Å²) in [6, 6.07) is 10.3. The molecule has 1 nitrogen and oxygen atoms in total. The van der Waals surface area contributed by atoms with Crippen molar-refractivity contribution in [2.24, 2.45) is 0 Å². The second kappa shape index (κ2) is 5.83. The molecule has 0 spiro atoms. The van der Waals surface area contributed by atoms with Gasteiger partial charge in [-0.15, -0.1) is 0 Å². The molecule has 0 saturated carbocycles. The minimum absolute atomic E-state index is 0.341. The van der Waals surface area contributed by atoms with Gasteiger partial charge in [0.25, 0.3) is 0 Å². The fourth-order valence-corrected chi connectivity index (χ4v) is 2.07. The highest BCUT2D eigenvalue weighted by molar-refractivity contribution is 5.65. The Labute approximate surface area is 111 Å². The Morgan fingerprint density at radius 3 is 2.00 bits per heavy atom. The lowest BCUT2D eigenvalue weighted by Crippen LogP contribution is -1.94. The molecule has 0 fully saturated rings. The van der Waals surface area contributed by atoms with Gasteiger partial charge in [0.1, 0.15) is 0 Å². The van der Waals surface area contributed by atoms with Gasteiger partial charge in [-0.1, -0.05) is 37.6 Å². The van der Waals surface area contributed by atoms with Gasteiger partial charge in [0.05, 0.1) is 7.11 Å². The van der Waals surface area contributed by atoms with Crippen LogP contribution in [0, 0.1) is 11.6 Å². The number of benzene rings is 2. The van der Waals surface area contributed by atoms with Crippen molar-refractivity contribution < 1.29 is 13.5 Å². The first-order valence-corrected chi connectivity index (χ1v) is 6.28. The van der Waals surface area contributed by atoms with Gasteiger partial charge in [-0.25, -0.2) is 8.78 Å². The number of hydrogen-bond acceptors (Lipinski definition) is 1. The van der Waals surface area contributed by atoms with Gasteiger partial charge in [-0.2, -0.15) is 0 Å². The van der Waals surface area contributed by atoms with E-state index in [0.29, 0.717) is 5.56 Å². The first-order valence-electron chi connectivity index (χ1n) is 6.28. The van der Waals surface area contributed by atoms with Crippen LogP contribution in [-0.4, -0.2) is 7.11 Å². The normalized spacial score (nSPS) is 10.5. The Hall–Kier alpha value is -1.90. The van der Waals surface area contributed by atoms with Gasteiger partial charge in [0.15, 0.2) is 17.4 Å². The summed E-state index contributed by atoms with van der Waals surface area (Å²) in [6.07, 6.45) is 2.08. The van der Waals surface area contributed by atoms with E-state index in [1.807, 2.05) is 24.3 Å². The predicted octanol–water partition coefficient (Wildman–Crippen LogP) is 4.59. The smallest absolute Gasteiger partial charge is 0.190 e. The Bertz CT molecular complexity index is 538. The standard InChI is InChI=1S/C16H16F2O/c1-3-4-11-5-7-12(8-6-11)13-9-14(17)16(19-2)15(18)10-13/h5-10H,3-4H2,1-2H3. The van der Waals surface area contributed by atoms with Crippen molar-refractivity contribution in [3.8, 4) is 16.9 Å². The zero-order valence-electron chi connectivity index (χ0n) is 11.0. The molecule has 0 N–H and O–H groups in total. The third kappa shape index (κ3) is 2.92. The van der Waals surface area contributed by atoms with E-state index < -0.39 is 11.6 Å². The highest BCUT2D eigenvalue weighted by Crippen LogP contribution is 2.28. The van der Waals surface area contributed by atoms with Crippen LogP contribution in [0.4, 0.5) is 8.78 Å². The third-order valence-electron chi connectivity index (χ3n) is 3.03. The first kappa shape index (κ1) is 13.5. The molecule has 0 unspecified atom stereocenters. The maximum absolute atomic E-state index is 13.6. The van der Waals surface area contributed by atoms with Crippen molar-refractivity contribution in [2.45, 2.75) is 19.8 Å². The molecular formula is C16H16F2O. The largest absolute Gasteiger partial charge is 0.491 e. The SMILES string of the molecule is CCCc1ccc(-c2cc(F)c(OC)c(F)c2)cc1. The molecule has 3 heteroatoms. The predicted molar refractivity (Wildman–Crippen MR) is 72.3 cm³/mol. The summed E-state index contributed by atoms with van der Waals surface area (Å²) in [6.45, 7) is 2.11. The lowest BCUT2D eigenvalue weighted by Gasteiger charge is -2.08. The quantitative estimate of drug-likeness (QED) is 0.782. The van der Waals surface area contributed by atoms with Crippen LogP contribution in [0.2, 0.25) is 0 Å². The van der Waals surface area contributed by atoms with E-state index in [2.05, 4.69) is 11.7 Å². The van der Waals surface area contributed by atoms with Crippen molar-refractivity contribution in [3.05, 3.63) is 53.6 Å². The van der Waals surface area contributed by atoms with Crippen molar-refractivity contribution in [3.63, 3.8) is 0 Å². The zero-order chi connectivity index (χ0) is 13.8. The molecule has 0 aliphatic heterocycles. The summed E-state index contributed by atoms with van der Waals surface area (Å²) in [5.41, 5.74) is 2.53. The lowest BCUT2D eigenvalue weighted by atomic mass is 10.0. The summed E-state index contributed by atoms with van der Waals surface area (Å²) >= 11 is 0. The van der Waals surface area contributed by atoms with Crippen LogP contribution in [-0.2, 0) is 6.42 Å². The Morgan fingerprint density at radius 2 is 1.53 bits per heavy atom. The Balaban J connectivity index is 2.36. The van der Waals surface area contributed by atoms with Crippen molar-refractivity contribution in [1.29, 1.82) is 0 Å². The van der Waals surface area contributed by atoms with Gasteiger partial charge in [0.2, 0.25) is 0 Å². The number of aryl methyl sites for hydroxylation is 1. The molecular weight excluding hydrogens is 246 g/mol. The van der Waals surface area contributed by atoms with Crippen LogP contribution < -0.4 is 4.74 Å². The molecule has 0 aliphatic rings. The van der Waals surface area contributed by atoms with E-state index in [9.17, 15) is 8.78 Å². The monoisotopic (exact) mass is 262 g/mol. The van der Waals surface area contributed by atoms with Gasteiger partial charge in [-0.05, 0) is 35.2 Å². The second-order valence-corrected chi connectivity index (χ2v) is 4.42. The van der Waals surface area contributed by atoms with E-state index in [1.54, 1.807) is 0 Å². The maximum atomic E-state index is 13.6. The van der Waals surface area contributed by atoms with E-state index in [-0.39, 0.29) is 5.75 Å². The molecule has 0 radical (unpaired) electrons. The molecule has 0 amide bonds. The minimum atomic E-state index is -0.685.